The van der Waals surface area contributed by atoms with Crippen LogP contribution in [-0.2, 0) is 0 Å². The van der Waals surface area contributed by atoms with E-state index in [0.717, 1.165) is 18.3 Å². The van der Waals surface area contributed by atoms with E-state index in [4.69, 9.17) is 5.11 Å². The maximum absolute atomic E-state index is 12.1. The van der Waals surface area contributed by atoms with Gasteiger partial charge in [-0.25, -0.2) is 0 Å². The lowest BCUT2D eigenvalue weighted by Gasteiger charge is -2.19. The Morgan fingerprint density at radius 3 is 2.53 bits per heavy atom. The fourth-order valence-corrected chi connectivity index (χ4v) is 1.83. The third kappa shape index (κ3) is 2.79. The second kappa shape index (κ2) is 4.32. The van der Waals surface area contributed by atoms with Crippen LogP contribution in [0.15, 0.2) is 17.5 Å². The molecule has 1 N–H and O–H groups in total. The van der Waals surface area contributed by atoms with Crippen LogP contribution in [0.4, 0.5) is 13.2 Å². The van der Waals surface area contributed by atoms with E-state index in [9.17, 15) is 18.0 Å². The molecule has 0 aliphatic rings. The van der Waals surface area contributed by atoms with Crippen molar-refractivity contribution in [3.05, 3.63) is 22.4 Å². The Morgan fingerprint density at radius 1 is 1.53 bits per heavy atom. The molecule has 84 valence electrons. The third-order valence-electron chi connectivity index (χ3n) is 1.99. The van der Waals surface area contributed by atoms with Crippen molar-refractivity contribution in [2.75, 3.05) is 0 Å². The first kappa shape index (κ1) is 12.2. The average Bonchev–Trinajstić information content (AvgIpc) is 2.65. The van der Waals surface area contributed by atoms with Crippen LogP contribution in [0.3, 0.4) is 0 Å². The number of alkyl halides is 3. The number of carbonyl (C=O) groups is 1. The van der Waals surface area contributed by atoms with E-state index < -0.39 is 24.0 Å². The highest BCUT2D eigenvalue weighted by atomic mass is 32.1. The lowest BCUT2D eigenvalue weighted by atomic mass is 9.98. The van der Waals surface area contributed by atoms with Crippen LogP contribution in [0.2, 0.25) is 0 Å². The molecule has 0 fully saturated rings. The summed E-state index contributed by atoms with van der Waals surface area (Å²) in [5.41, 5.74) is 0. The molecule has 0 amide bonds. The largest absolute Gasteiger partial charge is 0.415 e. The molecular formula is C9H9F3O2S. The summed E-state index contributed by atoms with van der Waals surface area (Å²) in [5, 5.41) is 10.5. The minimum Gasteiger partial charge on any atom is -0.383 e. The molecule has 0 radical (unpaired) electrons. The monoisotopic (exact) mass is 238 g/mol. The van der Waals surface area contributed by atoms with Crippen molar-refractivity contribution in [3.63, 3.8) is 0 Å². The standard InChI is InChI=1S/C9H9F3O2S/c1-5(8(14)9(10,11)12)7(13)6-3-2-4-15-6/h2-5,8,14H,1H3/t5-,8+/m1/s1. The summed E-state index contributed by atoms with van der Waals surface area (Å²) >= 11 is 1.06. The van der Waals surface area contributed by atoms with Gasteiger partial charge in [0.25, 0.3) is 0 Å². The van der Waals surface area contributed by atoms with Gasteiger partial charge in [0.15, 0.2) is 11.9 Å². The Bertz CT molecular complexity index is 332. The smallest absolute Gasteiger partial charge is 0.383 e. The molecule has 2 atom stereocenters. The van der Waals surface area contributed by atoms with E-state index in [1.165, 1.54) is 6.07 Å². The van der Waals surface area contributed by atoms with Crippen LogP contribution >= 0.6 is 11.3 Å². The van der Waals surface area contributed by atoms with Gasteiger partial charge in [-0.1, -0.05) is 13.0 Å². The normalized spacial score (nSPS) is 16.1. The van der Waals surface area contributed by atoms with Crippen LogP contribution < -0.4 is 0 Å². The van der Waals surface area contributed by atoms with Crippen molar-refractivity contribution in [1.82, 2.24) is 0 Å². The van der Waals surface area contributed by atoms with Gasteiger partial charge >= 0.3 is 6.18 Å². The van der Waals surface area contributed by atoms with Gasteiger partial charge in [-0.3, -0.25) is 4.79 Å². The van der Waals surface area contributed by atoms with Gasteiger partial charge in [0.05, 0.1) is 10.8 Å². The van der Waals surface area contributed by atoms with Crippen molar-refractivity contribution in [1.29, 1.82) is 0 Å². The highest BCUT2D eigenvalue weighted by molar-refractivity contribution is 7.12. The Morgan fingerprint density at radius 2 is 2.13 bits per heavy atom. The molecule has 1 aromatic heterocycles. The molecule has 0 aromatic carbocycles. The molecule has 0 aliphatic carbocycles. The van der Waals surface area contributed by atoms with Gasteiger partial charge in [-0.2, -0.15) is 13.2 Å². The van der Waals surface area contributed by atoms with Crippen LogP contribution in [0.25, 0.3) is 0 Å². The molecule has 0 aliphatic heterocycles. The van der Waals surface area contributed by atoms with Crippen LogP contribution in [0.5, 0.6) is 0 Å². The molecule has 0 unspecified atom stereocenters. The number of aliphatic hydroxyl groups is 1. The zero-order valence-electron chi connectivity index (χ0n) is 7.78. The Kier molecular flexibility index (Phi) is 3.51. The third-order valence-corrected chi connectivity index (χ3v) is 2.87. The molecule has 6 heteroatoms. The molecule has 0 spiro atoms. The quantitative estimate of drug-likeness (QED) is 0.821. The van der Waals surface area contributed by atoms with E-state index in [0.29, 0.717) is 0 Å². The summed E-state index contributed by atoms with van der Waals surface area (Å²) in [6, 6.07) is 3.01. The van der Waals surface area contributed by atoms with E-state index in [1.807, 2.05) is 0 Å². The van der Waals surface area contributed by atoms with Gasteiger partial charge in [0, 0.05) is 0 Å². The van der Waals surface area contributed by atoms with Crippen LogP contribution in [0.1, 0.15) is 16.6 Å². The topological polar surface area (TPSA) is 37.3 Å². The number of carbonyl (C=O) groups excluding carboxylic acids is 1. The molecule has 1 aromatic rings. The first-order valence-electron chi connectivity index (χ1n) is 4.16. The van der Waals surface area contributed by atoms with Gasteiger partial charge < -0.3 is 5.11 Å². The molecule has 0 saturated carbocycles. The summed E-state index contributed by atoms with van der Waals surface area (Å²) in [4.78, 5) is 11.7. The van der Waals surface area contributed by atoms with E-state index in [1.54, 1.807) is 11.4 Å². The number of thiophene rings is 1. The molecule has 0 bridgehead atoms. The minimum atomic E-state index is -4.76. The first-order valence-corrected chi connectivity index (χ1v) is 5.04. The maximum atomic E-state index is 12.1. The molecule has 0 saturated heterocycles. The Hall–Kier alpha value is -0.880. The summed E-state index contributed by atoms with van der Waals surface area (Å²) in [6.45, 7) is 1.07. The van der Waals surface area contributed by atoms with Crippen LogP contribution in [-0.4, -0.2) is 23.2 Å². The summed E-state index contributed by atoms with van der Waals surface area (Å²) in [7, 11) is 0. The lowest BCUT2D eigenvalue weighted by Crippen LogP contribution is -2.38. The number of Topliss-reactive ketones (excluding diaryl/α,β-unsaturated/α-hetero) is 1. The fraction of sp³-hybridized carbons (Fsp3) is 0.444. The predicted molar refractivity (Wildman–Crippen MR) is 49.9 cm³/mol. The van der Waals surface area contributed by atoms with Gasteiger partial charge in [0.1, 0.15) is 0 Å². The van der Waals surface area contributed by atoms with E-state index in [-0.39, 0.29) is 4.88 Å². The molecule has 2 nitrogen and oxygen atoms in total. The van der Waals surface area contributed by atoms with Crippen molar-refractivity contribution >= 4 is 17.1 Å². The second-order valence-corrected chi connectivity index (χ2v) is 4.06. The number of ketones is 1. The number of halogens is 3. The zero-order valence-corrected chi connectivity index (χ0v) is 8.60. The van der Waals surface area contributed by atoms with Gasteiger partial charge in [0.2, 0.25) is 0 Å². The minimum absolute atomic E-state index is 0.228. The van der Waals surface area contributed by atoms with E-state index >= 15 is 0 Å². The highest BCUT2D eigenvalue weighted by Crippen LogP contribution is 2.28. The average molecular weight is 238 g/mol. The number of aliphatic hydroxyl groups excluding tert-OH is 1. The SMILES string of the molecule is C[C@H](C(=O)c1cccs1)[C@H](O)C(F)(F)F. The number of hydrogen-bond acceptors (Lipinski definition) is 3. The fourth-order valence-electron chi connectivity index (χ4n) is 1.07. The highest BCUT2D eigenvalue weighted by Gasteiger charge is 2.44. The van der Waals surface area contributed by atoms with Crippen molar-refractivity contribution in [2.24, 2.45) is 5.92 Å². The van der Waals surface area contributed by atoms with Crippen LogP contribution in [0, 0.1) is 5.92 Å². The maximum Gasteiger partial charge on any atom is 0.415 e. The number of hydrogen-bond donors (Lipinski definition) is 1. The van der Waals surface area contributed by atoms with Crippen molar-refractivity contribution in [3.8, 4) is 0 Å². The molecule has 1 rings (SSSR count). The van der Waals surface area contributed by atoms with Gasteiger partial charge in [-0.15, -0.1) is 11.3 Å². The summed E-state index contributed by atoms with van der Waals surface area (Å²) in [6.07, 6.45) is -7.36. The second-order valence-electron chi connectivity index (χ2n) is 3.12. The lowest BCUT2D eigenvalue weighted by molar-refractivity contribution is -0.212. The van der Waals surface area contributed by atoms with E-state index in [2.05, 4.69) is 0 Å². The zero-order chi connectivity index (χ0) is 11.6. The molecular weight excluding hydrogens is 229 g/mol. The summed E-state index contributed by atoms with van der Waals surface area (Å²) in [5.74, 6) is -2.15. The first-order chi connectivity index (χ1) is 6.84. The molecule has 15 heavy (non-hydrogen) atoms. The Balaban J connectivity index is 2.78. The Labute approximate surface area is 88.3 Å². The van der Waals surface area contributed by atoms with Gasteiger partial charge in [-0.05, 0) is 11.4 Å². The van der Waals surface area contributed by atoms with Crippen molar-refractivity contribution in [2.45, 2.75) is 19.2 Å². The number of rotatable bonds is 3. The van der Waals surface area contributed by atoms with Crippen molar-refractivity contribution < 1.29 is 23.1 Å². The summed E-state index contributed by atoms with van der Waals surface area (Å²) < 4.78 is 36.3. The predicted octanol–water partition coefficient (Wildman–Crippen LogP) is 2.49. The molecule has 1 heterocycles.